The highest BCUT2D eigenvalue weighted by Gasteiger charge is 2.35. The maximum Gasteiger partial charge on any atom is 0.222 e. The van der Waals surface area contributed by atoms with Crippen molar-refractivity contribution in [3.8, 4) is 17.1 Å². The number of nitrogens with zero attached hydrogens (tertiary/aromatic N) is 5. The van der Waals surface area contributed by atoms with Crippen LogP contribution in [0.4, 0.5) is 5.13 Å². The number of pyridine rings is 1. The molecule has 3 aromatic rings. The maximum absolute atomic E-state index is 5.59. The van der Waals surface area contributed by atoms with Crippen LogP contribution in [0.2, 0.25) is 0 Å². The van der Waals surface area contributed by atoms with E-state index in [1.165, 1.54) is 25.7 Å². The standard InChI is InChI=1S/C21H27N5OS/c1-13(2)17-9-8-16(19(23-17)27-3)18-10-22-20-26(18)24-21(28-20)25-11-14-6-4-5-7-15(14)12-25/h8-10,13-15H,4-7,11-12H2,1-3H3. The van der Waals surface area contributed by atoms with Crippen LogP contribution >= 0.6 is 11.3 Å². The summed E-state index contributed by atoms with van der Waals surface area (Å²) in [6, 6.07) is 4.15. The second-order valence-corrected chi connectivity index (χ2v) is 9.31. The Balaban J connectivity index is 1.49. The molecule has 2 atom stereocenters. The predicted molar refractivity (Wildman–Crippen MR) is 112 cm³/mol. The van der Waals surface area contributed by atoms with Crippen LogP contribution in [-0.4, -0.2) is 39.8 Å². The van der Waals surface area contributed by atoms with Crippen molar-refractivity contribution in [3.05, 3.63) is 24.0 Å². The molecule has 0 amide bonds. The summed E-state index contributed by atoms with van der Waals surface area (Å²) >= 11 is 1.68. The molecule has 0 N–H and O–H groups in total. The minimum Gasteiger partial charge on any atom is -0.480 e. The largest absolute Gasteiger partial charge is 0.480 e. The Morgan fingerprint density at radius 2 is 1.89 bits per heavy atom. The summed E-state index contributed by atoms with van der Waals surface area (Å²) in [5, 5.41) is 6.02. The molecule has 3 aromatic heterocycles. The summed E-state index contributed by atoms with van der Waals surface area (Å²) in [5.41, 5.74) is 2.90. The number of ether oxygens (including phenoxy) is 1. The predicted octanol–water partition coefficient (Wildman–Crippen LogP) is 4.61. The van der Waals surface area contributed by atoms with Crippen molar-refractivity contribution in [3.63, 3.8) is 0 Å². The van der Waals surface area contributed by atoms with Gasteiger partial charge in [0, 0.05) is 18.8 Å². The van der Waals surface area contributed by atoms with E-state index in [2.05, 4.69) is 40.8 Å². The Labute approximate surface area is 169 Å². The lowest BCUT2D eigenvalue weighted by molar-refractivity contribution is 0.299. The van der Waals surface area contributed by atoms with Crippen LogP contribution in [0.3, 0.4) is 0 Å². The minimum atomic E-state index is 0.359. The summed E-state index contributed by atoms with van der Waals surface area (Å²) in [7, 11) is 1.67. The Kier molecular flexibility index (Phi) is 4.50. The van der Waals surface area contributed by atoms with Crippen molar-refractivity contribution in [2.75, 3.05) is 25.1 Å². The first-order valence-corrected chi connectivity index (χ1v) is 11.1. The number of imidazole rings is 1. The Morgan fingerprint density at radius 1 is 1.14 bits per heavy atom. The number of rotatable bonds is 4. The molecule has 4 heterocycles. The van der Waals surface area contributed by atoms with Crippen LogP contribution in [0.25, 0.3) is 16.2 Å². The van der Waals surface area contributed by atoms with Crippen molar-refractivity contribution >= 4 is 21.4 Å². The van der Waals surface area contributed by atoms with Gasteiger partial charge >= 0.3 is 0 Å². The highest BCUT2D eigenvalue weighted by Crippen LogP contribution is 2.40. The van der Waals surface area contributed by atoms with Crippen molar-refractivity contribution in [1.82, 2.24) is 19.6 Å². The smallest absolute Gasteiger partial charge is 0.222 e. The number of methoxy groups -OCH3 is 1. The van der Waals surface area contributed by atoms with E-state index in [1.807, 2.05) is 10.7 Å². The molecule has 1 saturated heterocycles. The van der Waals surface area contributed by atoms with E-state index in [-0.39, 0.29) is 0 Å². The van der Waals surface area contributed by atoms with E-state index in [4.69, 9.17) is 9.84 Å². The van der Waals surface area contributed by atoms with Gasteiger partial charge in [-0.25, -0.2) is 14.5 Å². The van der Waals surface area contributed by atoms with Gasteiger partial charge in [0.25, 0.3) is 0 Å². The fraction of sp³-hybridized carbons (Fsp3) is 0.571. The van der Waals surface area contributed by atoms with E-state index < -0.39 is 0 Å². The Morgan fingerprint density at radius 3 is 2.57 bits per heavy atom. The number of hydrogen-bond donors (Lipinski definition) is 0. The molecular weight excluding hydrogens is 370 g/mol. The molecule has 1 saturated carbocycles. The minimum absolute atomic E-state index is 0.359. The SMILES string of the molecule is COc1nc(C(C)C)ccc1-c1cnc2sc(N3CC4CCCCC4C3)nn12. The molecule has 1 aliphatic heterocycles. The van der Waals surface area contributed by atoms with Gasteiger partial charge in [-0.1, -0.05) is 38.0 Å². The second-order valence-electron chi connectivity index (χ2n) is 8.38. The number of anilines is 1. The van der Waals surface area contributed by atoms with Gasteiger partial charge in [-0.3, -0.25) is 0 Å². The summed E-state index contributed by atoms with van der Waals surface area (Å²) in [5.74, 6) is 2.68. The van der Waals surface area contributed by atoms with Gasteiger partial charge in [0.2, 0.25) is 16.0 Å². The first-order chi connectivity index (χ1) is 13.6. The van der Waals surface area contributed by atoms with Crippen LogP contribution in [0.15, 0.2) is 18.3 Å². The van der Waals surface area contributed by atoms with Crippen molar-refractivity contribution in [2.24, 2.45) is 11.8 Å². The molecule has 2 unspecified atom stereocenters. The first-order valence-electron chi connectivity index (χ1n) is 10.3. The third kappa shape index (κ3) is 2.96. The fourth-order valence-corrected chi connectivity index (χ4v) is 5.58. The van der Waals surface area contributed by atoms with E-state index in [0.717, 1.165) is 52.0 Å². The molecule has 148 valence electrons. The average molecular weight is 398 g/mol. The highest BCUT2D eigenvalue weighted by molar-refractivity contribution is 7.20. The highest BCUT2D eigenvalue weighted by atomic mass is 32.1. The maximum atomic E-state index is 5.59. The van der Waals surface area contributed by atoms with Gasteiger partial charge in [0.1, 0.15) is 0 Å². The summed E-state index contributed by atoms with van der Waals surface area (Å²) in [6.45, 7) is 6.56. The lowest BCUT2D eigenvalue weighted by Crippen LogP contribution is -2.19. The van der Waals surface area contributed by atoms with E-state index in [0.29, 0.717) is 11.8 Å². The van der Waals surface area contributed by atoms with E-state index in [1.54, 1.807) is 18.4 Å². The molecular formula is C21H27N5OS. The molecule has 1 aliphatic carbocycles. The van der Waals surface area contributed by atoms with Crippen molar-refractivity contribution in [2.45, 2.75) is 45.4 Å². The molecule has 0 bridgehead atoms. The molecule has 5 rings (SSSR count). The van der Waals surface area contributed by atoms with Gasteiger partial charge in [-0.05, 0) is 42.7 Å². The lowest BCUT2D eigenvalue weighted by Gasteiger charge is -2.22. The normalized spacial score (nSPS) is 22.2. The van der Waals surface area contributed by atoms with E-state index in [9.17, 15) is 0 Å². The van der Waals surface area contributed by atoms with Gasteiger partial charge in [-0.2, -0.15) is 0 Å². The third-order valence-corrected chi connectivity index (χ3v) is 7.25. The van der Waals surface area contributed by atoms with Crippen LogP contribution < -0.4 is 9.64 Å². The second kappa shape index (κ2) is 7.03. The molecule has 0 spiro atoms. The van der Waals surface area contributed by atoms with Gasteiger partial charge in [0.05, 0.1) is 24.6 Å². The van der Waals surface area contributed by atoms with Crippen LogP contribution in [0.5, 0.6) is 5.88 Å². The number of aromatic nitrogens is 4. The summed E-state index contributed by atoms with van der Waals surface area (Å²) in [4.78, 5) is 12.7. The Hall–Kier alpha value is -2.15. The summed E-state index contributed by atoms with van der Waals surface area (Å²) < 4.78 is 7.55. The van der Waals surface area contributed by atoms with E-state index >= 15 is 0 Å². The monoisotopic (exact) mass is 397 g/mol. The zero-order valence-corrected chi connectivity index (χ0v) is 17.6. The van der Waals surface area contributed by atoms with Crippen molar-refractivity contribution in [1.29, 1.82) is 0 Å². The topological polar surface area (TPSA) is 55.6 Å². The van der Waals surface area contributed by atoms with Crippen LogP contribution in [-0.2, 0) is 0 Å². The van der Waals surface area contributed by atoms with Gasteiger partial charge in [0.15, 0.2) is 0 Å². The zero-order chi connectivity index (χ0) is 19.3. The van der Waals surface area contributed by atoms with Crippen LogP contribution in [0, 0.1) is 11.8 Å². The van der Waals surface area contributed by atoms with Crippen LogP contribution in [0.1, 0.15) is 51.1 Å². The molecule has 28 heavy (non-hydrogen) atoms. The number of hydrogen-bond acceptors (Lipinski definition) is 6. The molecule has 0 radical (unpaired) electrons. The van der Waals surface area contributed by atoms with Gasteiger partial charge < -0.3 is 9.64 Å². The Bertz CT molecular complexity index is 980. The van der Waals surface area contributed by atoms with Crippen molar-refractivity contribution < 1.29 is 4.74 Å². The third-order valence-electron chi connectivity index (χ3n) is 6.26. The molecule has 2 fully saturated rings. The molecule has 2 aliphatic rings. The quantitative estimate of drug-likeness (QED) is 0.643. The molecule has 6 nitrogen and oxygen atoms in total. The summed E-state index contributed by atoms with van der Waals surface area (Å²) in [6.07, 6.45) is 7.40. The average Bonchev–Trinajstić information content (AvgIpc) is 3.40. The molecule has 0 aromatic carbocycles. The zero-order valence-electron chi connectivity index (χ0n) is 16.8. The van der Waals surface area contributed by atoms with Gasteiger partial charge in [-0.15, -0.1) is 5.10 Å². The first kappa shape index (κ1) is 17.9. The fourth-order valence-electron chi connectivity index (χ4n) is 4.68. The number of fused-ring (bicyclic) bond motifs is 2. The molecule has 7 heteroatoms. The lowest BCUT2D eigenvalue weighted by atomic mass is 9.82.